The van der Waals surface area contributed by atoms with Crippen LogP contribution in [0.1, 0.15) is 92.9 Å². The molecular formula is C26H44O4. The second-order valence-corrected chi connectivity index (χ2v) is 11.6. The molecule has 172 valence electrons. The van der Waals surface area contributed by atoms with Crippen LogP contribution in [-0.4, -0.2) is 25.2 Å². The second-order valence-electron chi connectivity index (χ2n) is 11.6. The van der Waals surface area contributed by atoms with E-state index >= 15 is 0 Å². The van der Waals surface area contributed by atoms with Gasteiger partial charge in [-0.15, -0.1) is 0 Å². The molecule has 3 saturated carbocycles. The van der Waals surface area contributed by atoms with E-state index in [0.717, 1.165) is 49.4 Å². The quantitative estimate of drug-likeness (QED) is 0.405. The summed E-state index contributed by atoms with van der Waals surface area (Å²) in [7, 11) is 0. The van der Waals surface area contributed by atoms with Crippen LogP contribution in [0.15, 0.2) is 0 Å². The molecule has 0 aliphatic heterocycles. The maximum Gasteiger partial charge on any atom is 0.311 e. The zero-order valence-electron chi connectivity index (χ0n) is 20.2. The minimum atomic E-state index is -0.375. The molecule has 0 aromatic heterocycles. The van der Waals surface area contributed by atoms with Crippen LogP contribution in [0.2, 0.25) is 0 Å². The summed E-state index contributed by atoms with van der Waals surface area (Å²) in [4.78, 5) is 24.5. The number of rotatable bonds is 10. The third-order valence-corrected chi connectivity index (χ3v) is 9.11. The Morgan fingerprint density at radius 1 is 0.767 bits per heavy atom. The van der Waals surface area contributed by atoms with Crippen LogP contribution >= 0.6 is 0 Å². The normalized spacial score (nSPS) is 32.9. The van der Waals surface area contributed by atoms with Gasteiger partial charge in [-0.05, 0) is 115 Å². The fraction of sp³-hybridized carbons (Fsp3) is 0.923. The number of hydrogen-bond donors (Lipinski definition) is 0. The van der Waals surface area contributed by atoms with Crippen LogP contribution in [0.4, 0.5) is 0 Å². The van der Waals surface area contributed by atoms with E-state index in [2.05, 4.69) is 0 Å². The third-order valence-electron chi connectivity index (χ3n) is 9.11. The zero-order chi connectivity index (χ0) is 22.1. The number of ether oxygens (including phenoxy) is 2. The van der Waals surface area contributed by atoms with E-state index in [-0.39, 0.29) is 22.8 Å². The minimum Gasteiger partial charge on any atom is -0.465 e. The molecule has 0 aromatic carbocycles. The number of hydrogen-bond acceptors (Lipinski definition) is 4. The molecule has 3 fully saturated rings. The molecule has 3 aliphatic carbocycles. The fourth-order valence-electron chi connectivity index (χ4n) is 6.34. The van der Waals surface area contributed by atoms with Crippen LogP contribution in [0.25, 0.3) is 0 Å². The highest BCUT2D eigenvalue weighted by molar-refractivity contribution is 5.76. The summed E-state index contributed by atoms with van der Waals surface area (Å²) in [5, 5.41) is 0. The Morgan fingerprint density at radius 3 is 1.83 bits per heavy atom. The predicted octanol–water partition coefficient (Wildman–Crippen LogP) is 6.02. The van der Waals surface area contributed by atoms with Crippen LogP contribution < -0.4 is 0 Å². The first kappa shape index (κ1) is 23.6. The molecule has 0 aromatic rings. The number of esters is 2. The van der Waals surface area contributed by atoms with Gasteiger partial charge in [-0.1, -0.05) is 13.8 Å². The Balaban J connectivity index is 1.47. The minimum absolute atomic E-state index is 0.0535. The van der Waals surface area contributed by atoms with E-state index in [9.17, 15) is 9.59 Å². The standard InChI is InChI=1S/C26H44O4/c1-7-25(3,4)23(27)29-13-11-17-9-10-20-19-15-18(21(16-19)22(17)20)12-14-30-24(28)26(5,6)8-2/h17-22H,7-16H2,1-6H3. The van der Waals surface area contributed by atoms with Gasteiger partial charge in [0.05, 0.1) is 24.0 Å². The Labute approximate surface area is 183 Å². The third kappa shape index (κ3) is 4.72. The maximum absolute atomic E-state index is 12.3. The van der Waals surface area contributed by atoms with Crippen molar-refractivity contribution in [2.24, 2.45) is 46.3 Å². The topological polar surface area (TPSA) is 52.6 Å². The van der Waals surface area contributed by atoms with Crippen molar-refractivity contribution in [1.82, 2.24) is 0 Å². The first-order valence-electron chi connectivity index (χ1n) is 12.4. The molecule has 3 aliphatic rings. The Kier molecular flexibility index (Phi) is 7.24. The molecule has 3 rings (SSSR count). The van der Waals surface area contributed by atoms with Gasteiger partial charge in [-0.2, -0.15) is 0 Å². The van der Waals surface area contributed by atoms with Gasteiger partial charge in [0.15, 0.2) is 0 Å². The summed E-state index contributed by atoms with van der Waals surface area (Å²) >= 11 is 0. The molecule has 4 nitrogen and oxygen atoms in total. The summed E-state index contributed by atoms with van der Waals surface area (Å²) in [6.45, 7) is 13.1. The molecule has 0 saturated heterocycles. The lowest BCUT2D eigenvalue weighted by molar-refractivity contribution is -0.155. The molecule has 6 atom stereocenters. The summed E-state index contributed by atoms with van der Waals surface area (Å²) in [5.41, 5.74) is -0.750. The molecule has 2 bridgehead atoms. The first-order valence-corrected chi connectivity index (χ1v) is 12.4. The summed E-state index contributed by atoms with van der Waals surface area (Å²) in [6.07, 6.45) is 9.00. The SMILES string of the molecule is CCC(C)(C)C(=O)OCCC1CC2CC1C1C(CCOC(=O)C(C)(C)CC)CCC21. The number of fused-ring (bicyclic) bond motifs is 5. The molecule has 30 heavy (non-hydrogen) atoms. The predicted molar refractivity (Wildman–Crippen MR) is 119 cm³/mol. The van der Waals surface area contributed by atoms with E-state index in [0.29, 0.717) is 25.0 Å². The van der Waals surface area contributed by atoms with Gasteiger partial charge >= 0.3 is 11.9 Å². The van der Waals surface area contributed by atoms with Crippen molar-refractivity contribution in [2.75, 3.05) is 13.2 Å². The maximum atomic E-state index is 12.3. The van der Waals surface area contributed by atoms with Gasteiger partial charge < -0.3 is 9.47 Å². The van der Waals surface area contributed by atoms with Crippen LogP contribution in [0, 0.1) is 46.3 Å². The monoisotopic (exact) mass is 420 g/mol. The van der Waals surface area contributed by atoms with Gasteiger partial charge in [-0.3, -0.25) is 9.59 Å². The van der Waals surface area contributed by atoms with Crippen molar-refractivity contribution in [3.8, 4) is 0 Å². The molecular weight excluding hydrogens is 376 g/mol. The first-order chi connectivity index (χ1) is 14.1. The van der Waals surface area contributed by atoms with Crippen molar-refractivity contribution in [3.63, 3.8) is 0 Å². The van der Waals surface area contributed by atoms with Crippen LogP contribution in [0.3, 0.4) is 0 Å². The van der Waals surface area contributed by atoms with Gasteiger partial charge in [0, 0.05) is 0 Å². The lowest BCUT2D eigenvalue weighted by Crippen LogP contribution is -2.31. The largest absolute Gasteiger partial charge is 0.465 e. The van der Waals surface area contributed by atoms with Crippen molar-refractivity contribution in [2.45, 2.75) is 92.9 Å². The highest BCUT2D eigenvalue weighted by Gasteiger charge is 2.56. The Morgan fingerprint density at radius 2 is 1.30 bits per heavy atom. The van der Waals surface area contributed by atoms with Crippen molar-refractivity contribution in [3.05, 3.63) is 0 Å². The lowest BCUT2D eigenvalue weighted by Gasteiger charge is -2.35. The van der Waals surface area contributed by atoms with E-state index in [1.807, 2.05) is 41.5 Å². The fourth-order valence-corrected chi connectivity index (χ4v) is 6.34. The molecule has 0 radical (unpaired) electrons. The van der Waals surface area contributed by atoms with Gasteiger partial charge in [0.2, 0.25) is 0 Å². The van der Waals surface area contributed by atoms with Crippen molar-refractivity contribution < 1.29 is 19.1 Å². The molecule has 6 unspecified atom stereocenters. The van der Waals surface area contributed by atoms with Crippen molar-refractivity contribution >= 4 is 11.9 Å². The summed E-state index contributed by atoms with van der Waals surface area (Å²) in [6, 6.07) is 0. The average Bonchev–Trinajstić information content (AvgIpc) is 3.40. The van der Waals surface area contributed by atoms with Gasteiger partial charge in [-0.25, -0.2) is 0 Å². The molecule has 0 N–H and O–H groups in total. The van der Waals surface area contributed by atoms with Crippen LogP contribution in [0.5, 0.6) is 0 Å². The highest BCUT2D eigenvalue weighted by Crippen LogP contribution is 2.63. The zero-order valence-corrected chi connectivity index (χ0v) is 20.2. The average molecular weight is 421 g/mol. The number of carbonyl (C=O) groups is 2. The van der Waals surface area contributed by atoms with Gasteiger partial charge in [0.25, 0.3) is 0 Å². The van der Waals surface area contributed by atoms with Crippen molar-refractivity contribution in [1.29, 1.82) is 0 Å². The van der Waals surface area contributed by atoms with Gasteiger partial charge in [0.1, 0.15) is 0 Å². The van der Waals surface area contributed by atoms with E-state index in [1.54, 1.807) is 0 Å². The molecule has 0 spiro atoms. The van der Waals surface area contributed by atoms with E-state index in [1.165, 1.54) is 25.7 Å². The second kappa shape index (κ2) is 9.20. The Hall–Kier alpha value is -1.06. The highest BCUT2D eigenvalue weighted by atomic mass is 16.5. The van der Waals surface area contributed by atoms with E-state index in [4.69, 9.17) is 9.47 Å². The molecule has 0 amide bonds. The molecule has 4 heteroatoms. The number of carbonyl (C=O) groups excluding carboxylic acids is 2. The summed E-state index contributed by atoms with van der Waals surface area (Å²) in [5.74, 6) is 4.65. The summed E-state index contributed by atoms with van der Waals surface area (Å²) < 4.78 is 11.3. The molecule has 0 heterocycles. The Bertz CT molecular complexity index is 623. The van der Waals surface area contributed by atoms with E-state index < -0.39 is 0 Å². The van der Waals surface area contributed by atoms with Crippen LogP contribution in [-0.2, 0) is 19.1 Å². The smallest absolute Gasteiger partial charge is 0.311 e. The lowest BCUT2D eigenvalue weighted by atomic mass is 9.71.